The Morgan fingerprint density at radius 2 is 2.11 bits per heavy atom. The van der Waals surface area contributed by atoms with E-state index in [-0.39, 0.29) is 18.6 Å². The van der Waals surface area contributed by atoms with Gasteiger partial charge >= 0.3 is 0 Å². The Balaban J connectivity index is 2.60. The third-order valence-corrected chi connectivity index (χ3v) is 2.87. The van der Waals surface area contributed by atoms with E-state index in [2.05, 4.69) is 0 Å². The van der Waals surface area contributed by atoms with E-state index in [0.29, 0.717) is 5.75 Å². The molecule has 0 aliphatic heterocycles. The molecule has 5 nitrogen and oxygen atoms in total. The topological polar surface area (TPSA) is 77.5 Å². The van der Waals surface area contributed by atoms with Crippen molar-refractivity contribution in [3.05, 3.63) is 40.7 Å². The molecule has 1 unspecified atom stereocenters. The van der Waals surface area contributed by atoms with Crippen LogP contribution in [0.5, 0.6) is 5.75 Å². The summed E-state index contributed by atoms with van der Waals surface area (Å²) in [6, 6.07) is 8.72. The Morgan fingerprint density at radius 1 is 1.39 bits per heavy atom. The highest BCUT2D eigenvalue weighted by Crippen LogP contribution is 2.19. The average Bonchev–Trinajstić information content (AvgIpc) is 2.41. The average molecular weight is 248 g/mol. The summed E-state index contributed by atoms with van der Waals surface area (Å²) >= 11 is 0. The van der Waals surface area contributed by atoms with Gasteiger partial charge in [0.15, 0.2) is 0 Å². The van der Waals surface area contributed by atoms with Crippen LogP contribution in [0.25, 0.3) is 10.9 Å². The van der Waals surface area contributed by atoms with Crippen molar-refractivity contribution in [1.82, 2.24) is 4.57 Å². The van der Waals surface area contributed by atoms with Crippen molar-refractivity contribution in [3.8, 4) is 5.75 Å². The number of aliphatic hydroxyl groups is 1. The Kier molecular flexibility index (Phi) is 3.64. The Bertz CT molecular complexity index is 607. The Morgan fingerprint density at radius 3 is 2.78 bits per heavy atom. The highest BCUT2D eigenvalue weighted by atomic mass is 16.5. The molecule has 2 rings (SSSR count). The van der Waals surface area contributed by atoms with Crippen LogP contribution in [0.4, 0.5) is 0 Å². The van der Waals surface area contributed by atoms with Gasteiger partial charge in [0.1, 0.15) is 5.75 Å². The standard InChI is InChI=1S/C13H16N2O3/c1-18-11-4-2-9-3-5-13(17)15(12(9)6-11)8-10(16)7-14/h2-6,10,16H,7-8,14H2,1H3. The molecule has 1 heterocycles. The molecule has 0 fully saturated rings. The fourth-order valence-electron chi connectivity index (χ4n) is 1.87. The number of nitrogens with two attached hydrogens (primary N) is 1. The third kappa shape index (κ3) is 2.37. The largest absolute Gasteiger partial charge is 0.497 e. The van der Waals surface area contributed by atoms with E-state index in [1.54, 1.807) is 19.2 Å². The monoisotopic (exact) mass is 248 g/mol. The number of hydrogen-bond donors (Lipinski definition) is 2. The summed E-state index contributed by atoms with van der Waals surface area (Å²) < 4.78 is 6.66. The van der Waals surface area contributed by atoms with Crippen LogP contribution in [0.1, 0.15) is 0 Å². The minimum absolute atomic E-state index is 0.118. The van der Waals surface area contributed by atoms with Crippen LogP contribution in [-0.4, -0.2) is 29.4 Å². The molecule has 1 atom stereocenters. The van der Waals surface area contributed by atoms with Gasteiger partial charge in [0.2, 0.25) is 0 Å². The number of methoxy groups -OCH3 is 1. The maximum absolute atomic E-state index is 11.9. The van der Waals surface area contributed by atoms with Gasteiger partial charge in [0, 0.05) is 18.7 Å². The molecule has 0 radical (unpaired) electrons. The van der Waals surface area contributed by atoms with Gasteiger partial charge in [-0.25, -0.2) is 0 Å². The molecule has 1 aromatic heterocycles. The van der Waals surface area contributed by atoms with Gasteiger partial charge in [-0.05, 0) is 23.6 Å². The molecule has 0 saturated carbocycles. The fourth-order valence-corrected chi connectivity index (χ4v) is 1.87. The van der Waals surface area contributed by atoms with Gasteiger partial charge in [-0.1, -0.05) is 0 Å². The number of aromatic nitrogens is 1. The van der Waals surface area contributed by atoms with E-state index in [9.17, 15) is 9.90 Å². The van der Waals surface area contributed by atoms with Crippen molar-refractivity contribution in [2.24, 2.45) is 5.73 Å². The van der Waals surface area contributed by atoms with Gasteiger partial charge < -0.3 is 20.1 Å². The van der Waals surface area contributed by atoms with E-state index in [0.717, 1.165) is 10.9 Å². The summed E-state index contributed by atoms with van der Waals surface area (Å²) in [6.07, 6.45) is -0.737. The number of benzene rings is 1. The highest BCUT2D eigenvalue weighted by Gasteiger charge is 2.08. The summed E-state index contributed by atoms with van der Waals surface area (Å²) in [5, 5.41) is 10.5. The maximum Gasteiger partial charge on any atom is 0.251 e. The number of fused-ring (bicyclic) bond motifs is 1. The lowest BCUT2D eigenvalue weighted by molar-refractivity contribution is 0.162. The van der Waals surface area contributed by atoms with Crippen LogP contribution in [-0.2, 0) is 6.54 Å². The first-order valence-corrected chi connectivity index (χ1v) is 5.71. The second-order valence-corrected chi connectivity index (χ2v) is 4.10. The van der Waals surface area contributed by atoms with Crippen molar-refractivity contribution in [1.29, 1.82) is 0 Å². The summed E-state index contributed by atoms with van der Waals surface area (Å²) in [5.41, 5.74) is 5.95. The molecule has 0 aliphatic carbocycles. The van der Waals surface area contributed by atoms with Crippen molar-refractivity contribution < 1.29 is 9.84 Å². The first kappa shape index (κ1) is 12.6. The first-order valence-electron chi connectivity index (χ1n) is 5.71. The number of nitrogens with zero attached hydrogens (tertiary/aromatic N) is 1. The van der Waals surface area contributed by atoms with Crippen molar-refractivity contribution in [3.63, 3.8) is 0 Å². The first-order chi connectivity index (χ1) is 8.65. The lowest BCUT2D eigenvalue weighted by Gasteiger charge is -2.14. The van der Waals surface area contributed by atoms with E-state index in [1.165, 1.54) is 10.6 Å². The van der Waals surface area contributed by atoms with Gasteiger partial charge in [-0.3, -0.25) is 4.79 Å². The number of rotatable bonds is 4. The zero-order valence-corrected chi connectivity index (χ0v) is 10.2. The molecule has 3 N–H and O–H groups in total. The molecule has 0 bridgehead atoms. The van der Waals surface area contributed by atoms with Gasteiger partial charge in [-0.15, -0.1) is 0 Å². The second kappa shape index (κ2) is 5.20. The summed E-state index contributed by atoms with van der Waals surface area (Å²) in [5.74, 6) is 0.670. The molecule has 1 aromatic carbocycles. The van der Waals surface area contributed by atoms with Crippen molar-refractivity contribution in [2.45, 2.75) is 12.6 Å². The number of pyridine rings is 1. The van der Waals surface area contributed by atoms with E-state index >= 15 is 0 Å². The van der Waals surface area contributed by atoms with Crippen molar-refractivity contribution in [2.75, 3.05) is 13.7 Å². The SMILES string of the molecule is COc1ccc2ccc(=O)n(CC(O)CN)c2c1. The molecule has 96 valence electrons. The summed E-state index contributed by atoms with van der Waals surface area (Å²) in [4.78, 5) is 11.9. The van der Waals surface area contributed by atoms with Crippen LogP contribution >= 0.6 is 0 Å². The third-order valence-electron chi connectivity index (χ3n) is 2.87. The second-order valence-electron chi connectivity index (χ2n) is 4.10. The quantitative estimate of drug-likeness (QED) is 0.817. The number of hydrogen-bond acceptors (Lipinski definition) is 4. The smallest absolute Gasteiger partial charge is 0.251 e. The minimum Gasteiger partial charge on any atom is -0.497 e. The zero-order valence-electron chi connectivity index (χ0n) is 10.2. The lowest BCUT2D eigenvalue weighted by Crippen LogP contribution is -2.31. The van der Waals surface area contributed by atoms with Gasteiger partial charge in [-0.2, -0.15) is 0 Å². The molecule has 2 aromatic rings. The molecule has 0 spiro atoms. The molecule has 0 amide bonds. The van der Waals surface area contributed by atoms with Gasteiger partial charge in [0.05, 0.1) is 25.3 Å². The van der Waals surface area contributed by atoms with Crippen molar-refractivity contribution >= 4 is 10.9 Å². The van der Waals surface area contributed by atoms with Crippen LogP contribution < -0.4 is 16.0 Å². The molecule has 18 heavy (non-hydrogen) atoms. The zero-order chi connectivity index (χ0) is 13.1. The van der Waals surface area contributed by atoms with Crippen LogP contribution in [0.3, 0.4) is 0 Å². The van der Waals surface area contributed by atoms with E-state index in [4.69, 9.17) is 10.5 Å². The van der Waals surface area contributed by atoms with Gasteiger partial charge in [0.25, 0.3) is 5.56 Å². The maximum atomic E-state index is 11.9. The molecule has 0 aliphatic rings. The normalized spacial score (nSPS) is 12.6. The predicted octanol–water partition coefficient (Wildman–Crippen LogP) is 0.330. The van der Waals surface area contributed by atoms with Crippen LogP contribution in [0, 0.1) is 0 Å². The molecule has 5 heteroatoms. The predicted molar refractivity (Wildman–Crippen MR) is 69.8 cm³/mol. The summed E-state index contributed by atoms with van der Waals surface area (Å²) in [6.45, 7) is 0.298. The lowest BCUT2D eigenvalue weighted by atomic mass is 10.2. The summed E-state index contributed by atoms with van der Waals surface area (Å²) in [7, 11) is 1.57. The van der Waals surface area contributed by atoms with E-state index < -0.39 is 6.10 Å². The number of aliphatic hydroxyl groups excluding tert-OH is 1. The molecular formula is C13H16N2O3. The fraction of sp³-hybridized carbons (Fsp3) is 0.308. The molecule has 0 saturated heterocycles. The van der Waals surface area contributed by atoms with Crippen LogP contribution in [0.15, 0.2) is 35.1 Å². The van der Waals surface area contributed by atoms with E-state index in [1.807, 2.05) is 12.1 Å². The highest BCUT2D eigenvalue weighted by molar-refractivity contribution is 5.80. The Labute approximate surface area is 104 Å². The number of ether oxygens (including phenoxy) is 1. The van der Waals surface area contributed by atoms with Crippen LogP contribution in [0.2, 0.25) is 0 Å². The molecular weight excluding hydrogens is 232 g/mol. The Hall–Kier alpha value is -1.85. The minimum atomic E-state index is -0.737.